The first kappa shape index (κ1) is 14.8. The number of rotatable bonds is 3. The van der Waals surface area contributed by atoms with E-state index in [-0.39, 0.29) is 22.2 Å². The average molecular weight is 308 g/mol. The summed E-state index contributed by atoms with van der Waals surface area (Å²) >= 11 is 5.87. The Morgan fingerprint density at radius 1 is 1.29 bits per heavy atom. The molecule has 0 saturated carbocycles. The van der Waals surface area contributed by atoms with Gasteiger partial charge in [-0.3, -0.25) is 20.2 Å². The van der Waals surface area contributed by atoms with E-state index >= 15 is 0 Å². The topological polar surface area (TPSA) is 111 Å². The van der Waals surface area contributed by atoms with Crippen molar-refractivity contribution in [1.82, 2.24) is 15.2 Å². The predicted octanol–water partition coefficient (Wildman–Crippen LogP) is 2.30. The number of aromatic nitrogens is 3. The third kappa shape index (κ3) is 3.29. The lowest BCUT2D eigenvalue weighted by molar-refractivity contribution is -0.384. The summed E-state index contributed by atoms with van der Waals surface area (Å²) in [6.07, 6.45) is 0. The van der Waals surface area contributed by atoms with Crippen LogP contribution in [0.3, 0.4) is 0 Å². The van der Waals surface area contributed by atoms with E-state index in [2.05, 4.69) is 20.5 Å². The number of nitrogens with one attached hydrogen (secondary N) is 1. The van der Waals surface area contributed by atoms with Crippen LogP contribution in [0.25, 0.3) is 0 Å². The van der Waals surface area contributed by atoms with Gasteiger partial charge in [-0.15, -0.1) is 5.10 Å². The molecular weight excluding hydrogens is 298 g/mol. The SMILES string of the molecule is Cc1nnc(NC(=O)c2ccc([N+](=O)[O-])cc2Cl)nc1C. The number of amides is 1. The molecule has 0 aliphatic rings. The Balaban J connectivity index is 2.24. The van der Waals surface area contributed by atoms with Crippen molar-refractivity contribution >= 4 is 29.1 Å². The highest BCUT2D eigenvalue weighted by atomic mass is 35.5. The number of halogens is 1. The quantitative estimate of drug-likeness (QED) is 0.688. The summed E-state index contributed by atoms with van der Waals surface area (Å²) in [5.74, 6) is -0.530. The van der Waals surface area contributed by atoms with E-state index < -0.39 is 10.8 Å². The van der Waals surface area contributed by atoms with E-state index in [1.807, 2.05) is 0 Å². The van der Waals surface area contributed by atoms with Crippen LogP contribution in [0.4, 0.5) is 11.6 Å². The number of carbonyl (C=O) groups is 1. The molecule has 0 unspecified atom stereocenters. The summed E-state index contributed by atoms with van der Waals surface area (Å²) in [6, 6.07) is 3.57. The summed E-state index contributed by atoms with van der Waals surface area (Å²) in [6.45, 7) is 3.48. The van der Waals surface area contributed by atoms with Gasteiger partial charge in [-0.2, -0.15) is 5.10 Å². The Labute approximate surface area is 124 Å². The summed E-state index contributed by atoms with van der Waals surface area (Å²) < 4.78 is 0. The number of carbonyl (C=O) groups excluding carboxylic acids is 1. The fourth-order valence-electron chi connectivity index (χ4n) is 1.48. The van der Waals surface area contributed by atoms with Crippen molar-refractivity contribution in [1.29, 1.82) is 0 Å². The molecule has 9 heteroatoms. The molecule has 0 bridgehead atoms. The van der Waals surface area contributed by atoms with Gasteiger partial charge in [0.05, 0.1) is 26.9 Å². The number of hydrogen-bond acceptors (Lipinski definition) is 6. The number of anilines is 1. The van der Waals surface area contributed by atoms with Crippen LogP contribution in [-0.4, -0.2) is 26.0 Å². The Kier molecular flexibility index (Phi) is 4.08. The zero-order valence-corrected chi connectivity index (χ0v) is 11.9. The molecule has 0 aliphatic carbocycles. The van der Waals surface area contributed by atoms with Gasteiger partial charge >= 0.3 is 0 Å². The molecule has 108 valence electrons. The monoisotopic (exact) mass is 307 g/mol. The highest BCUT2D eigenvalue weighted by Gasteiger charge is 2.16. The molecule has 2 rings (SSSR count). The molecule has 1 amide bonds. The molecule has 0 radical (unpaired) electrons. The van der Waals surface area contributed by atoms with Crippen LogP contribution in [0.15, 0.2) is 18.2 Å². The molecule has 21 heavy (non-hydrogen) atoms. The number of hydrogen-bond donors (Lipinski definition) is 1. The van der Waals surface area contributed by atoms with Crippen LogP contribution in [-0.2, 0) is 0 Å². The lowest BCUT2D eigenvalue weighted by Gasteiger charge is -2.06. The van der Waals surface area contributed by atoms with E-state index in [0.717, 1.165) is 6.07 Å². The molecule has 1 aromatic carbocycles. The smallest absolute Gasteiger partial charge is 0.270 e. The van der Waals surface area contributed by atoms with Crippen LogP contribution in [0, 0.1) is 24.0 Å². The third-order valence-corrected chi connectivity index (χ3v) is 3.04. The maximum Gasteiger partial charge on any atom is 0.270 e. The largest absolute Gasteiger partial charge is 0.289 e. The van der Waals surface area contributed by atoms with E-state index in [1.54, 1.807) is 13.8 Å². The van der Waals surface area contributed by atoms with E-state index in [0.29, 0.717) is 11.4 Å². The highest BCUT2D eigenvalue weighted by molar-refractivity contribution is 6.34. The average Bonchev–Trinajstić information content (AvgIpc) is 2.42. The number of nitro groups is 1. The van der Waals surface area contributed by atoms with Crippen molar-refractivity contribution in [2.24, 2.45) is 0 Å². The van der Waals surface area contributed by atoms with Crippen LogP contribution < -0.4 is 5.32 Å². The van der Waals surface area contributed by atoms with Crippen molar-refractivity contribution in [3.8, 4) is 0 Å². The fourth-order valence-corrected chi connectivity index (χ4v) is 1.74. The maximum atomic E-state index is 12.0. The first-order valence-corrected chi connectivity index (χ1v) is 6.19. The van der Waals surface area contributed by atoms with Crippen LogP contribution in [0.1, 0.15) is 21.7 Å². The zero-order chi connectivity index (χ0) is 15.6. The van der Waals surface area contributed by atoms with Gasteiger partial charge in [-0.05, 0) is 19.9 Å². The molecular formula is C12H10ClN5O3. The molecule has 0 aliphatic heterocycles. The molecule has 0 saturated heterocycles. The third-order valence-electron chi connectivity index (χ3n) is 2.73. The minimum Gasteiger partial charge on any atom is -0.289 e. The van der Waals surface area contributed by atoms with Crippen LogP contribution >= 0.6 is 11.6 Å². The number of non-ortho nitro benzene ring substituents is 1. The molecule has 1 N–H and O–H groups in total. The normalized spacial score (nSPS) is 10.2. The van der Waals surface area contributed by atoms with Gasteiger partial charge in [0.2, 0.25) is 5.95 Å². The van der Waals surface area contributed by atoms with Crippen molar-refractivity contribution in [3.05, 3.63) is 50.3 Å². The van der Waals surface area contributed by atoms with Crippen LogP contribution in [0.5, 0.6) is 0 Å². The Morgan fingerprint density at radius 3 is 2.57 bits per heavy atom. The number of benzene rings is 1. The summed E-state index contributed by atoms with van der Waals surface area (Å²) in [5, 5.41) is 20.6. The first-order valence-electron chi connectivity index (χ1n) is 5.81. The fraction of sp³-hybridized carbons (Fsp3) is 0.167. The second-order valence-corrected chi connectivity index (χ2v) is 4.59. The summed E-state index contributed by atoms with van der Waals surface area (Å²) in [5.41, 5.74) is 1.18. The van der Waals surface area contributed by atoms with Gasteiger partial charge in [0.1, 0.15) is 0 Å². The first-order chi connectivity index (χ1) is 9.88. The predicted molar refractivity (Wildman–Crippen MR) is 75.4 cm³/mol. The molecule has 1 heterocycles. The number of nitro benzene ring substituents is 1. The van der Waals surface area contributed by atoms with Gasteiger partial charge in [-0.1, -0.05) is 11.6 Å². The second kappa shape index (κ2) is 5.80. The summed E-state index contributed by atoms with van der Waals surface area (Å²) in [7, 11) is 0. The Hall–Kier alpha value is -2.61. The van der Waals surface area contributed by atoms with Gasteiger partial charge < -0.3 is 0 Å². The van der Waals surface area contributed by atoms with E-state index in [1.165, 1.54) is 12.1 Å². The van der Waals surface area contributed by atoms with E-state index in [9.17, 15) is 14.9 Å². The standard InChI is InChI=1S/C12H10ClN5O3/c1-6-7(2)16-17-12(14-6)15-11(19)9-4-3-8(18(20)21)5-10(9)13/h3-5H,1-2H3,(H,14,15,17,19). The number of nitrogens with zero attached hydrogens (tertiary/aromatic N) is 4. The lowest BCUT2D eigenvalue weighted by Crippen LogP contribution is -2.16. The Morgan fingerprint density at radius 2 is 2.00 bits per heavy atom. The van der Waals surface area contributed by atoms with Gasteiger partial charge in [0.25, 0.3) is 11.6 Å². The highest BCUT2D eigenvalue weighted by Crippen LogP contribution is 2.23. The molecule has 0 spiro atoms. The minimum absolute atomic E-state index is 0.0292. The zero-order valence-electron chi connectivity index (χ0n) is 11.1. The minimum atomic E-state index is -0.593. The van der Waals surface area contributed by atoms with Gasteiger partial charge in [-0.25, -0.2) is 4.98 Å². The van der Waals surface area contributed by atoms with Crippen molar-refractivity contribution in [3.63, 3.8) is 0 Å². The van der Waals surface area contributed by atoms with Crippen molar-refractivity contribution in [2.45, 2.75) is 13.8 Å². The number of aryl methyl sites for hydroxylation is 2. The molecule has 0 fully saturated rings. The molecule has 2 aromatic rings. The van der Waals surface area contributed by atoms with Gasteiger partial charge in [0, 0.05) is 12.1 Å². The maximum absolute atomic E-state index is 12.0. The van der Waals surface area contributed by atoms with Gasteiger partial charge in [0.15, 0.2) is 0 Å². The second-order valence-electron chi connectivity index (χ2n) is 4.18. The van der Waals surface area contributed by atoms with Crippen molar-refractivity contribution in [2.75, 3.05) is 5.32 Å². The molecule has 8 nitrogen and oxygen atoms in total. The van der Waals surface area contributed by atoms with Crippen LogP contribution in [0.2, 0.25) is 5.02 Å². The molecule has 0 atom stereocenters. The van der Waals surface area contributed by atoms with E-state index in [4.69, 9.17) is 11.6 Å². The lowest BCUT2D eigenvalue weighted by atomic mass is 10.2. The Bertz CT molecular complexity index is 735. The molecule has 1 aromatic heterocycles. The van der Waals surface area contributed by atoms with Crippen molar-refractivity contribution < 1.29 is 9.72 Å². The summed E-state index contributed by atoms with van der Waals surface area (Å²) in [4.78, 5) is 26.1.